The number of rotatable bonds is 3. The highest BCUT2D eigenvalue weighted by atomic mass is 32.1. The Labute approximate surface area is 156 Å². The molecule has 3 N–H and O–H groups in total. The van der Waals surface area contributed by atoms with Gasteiger partial charge in [-0.2, -0.15) is 0 Å². The van der Waals surface area contributed by atoms with Crippen LogP contribution >= 0.6 is 23.6 Å². The predicted octanol–water partition coefficient (Wildman–Crippen LogP) is 5.05. The number of anilines is 1. The molecular weight excluding hydrogens is 371 g/mol. The van der Waals surface area contributed by atoms with Gasteiger partial charge in [0.25, 0.3) is 5.91 Å². The van der Waals surface area contributed by atoms with E-state index in [9.17, 15) is 9.18 Å². The topological polar surface area (TPSA) is 73.6 Å². The Kier molecular flexibility index (Phi) is 4.14. The third kappa shape index (κ3) is 3.16. The fourth-order valence-electron chi connectivity index (χ4n) is 2.64. The maximum absolute atomic E-state index is 13.8. The number of carbonyl (C=O) groups is 1. The van der Waals surface area contributed by atoms with Crippen LogP contribution in [0.15, 0.2) is 41.8 Å². The van der Waals surface area contributed by atoms with Gasteiger partial charge < -0.3 is 9.97 Å². The number of imidazole rings is 1. The number of amides is 1. The zero-order valence-electron chi connectivity index (χ0n) is 13.6. The third-order valence-electron chi connectivity index (χ3n) is 3.91. The number of carbonyl (C=O) groups excluding carboxylic acids is 1. The number of aryl methyl sites for hydroxylation is 1. The molecule has 4 rings (SSSR count). The van der Waals surface area contributed by atoms with E-state index >= 15 is 0 Å². The SMILES string of the molecule is Cc1ccc(-c2csc(NC(=O)c3cc(F)cc4[nH]c(=S)[nH]c34)n2)cc1. The number of benzene rings is 2. The molecule has 0 saturated heterocycles. The number of hydrogen-bond acceptors (Lipinski definition) is 4. The second-order valence-electron chi connectivity index (χ2n) is 5.81. The number of nitrogens with zero attached hydrogens (tertiary/aromatic N) is 1. The lowest BCUT2D eigenvalue weighted by atomic mass is 10.1. The van der Waals surface area contributed by atoms with Crippen molar-refractivity contribution >= 4 is 45.6 Å². The highest BCUT2D eigenvalue weighted by molar-refractivity contribution is 7.71. The van der Waals surface area contributed by atoms with E-state index < -0.39 is 11.7 Å². The summed E-state index contributed by atoms with van der Waals surface area (Å²) >= 11 is 6.33. The summed E-state index contributed by atoms with van der Waals surface area (Å²) in [5.41, 5.74) is 3.98. The van der Waals surface area contributed by atoms with Crippen LogP contribution < -0.4 is 5.32 Å². The van der Waals surface area contributed by atoms with E-state index in [0.29, 0.717) is 20.9 Å². The van der Waals surface area contributed by atoms with Crippen molar-refractivity contribution < 1.29 is 9.18 Å². The molecule has 0 atom stereocenters. The van der Waals surface area contributed by atoms with Crippen molar-refractivity contribution in [1.82, 2.24) is 15.0 Å². The van der Waals surface area contributed by atoms with Gasteiger partial charge in [0.15, 0.2) is 9.90 Å². The van der Waals surface area contributed by atoms with Crippen LogP contribution in [-0.4, -0.2) is 20.9 Å². The first-order valence-electron chi connectivity index (χ1n) is 7.75. The van der Waals surface area contributed by atoms with Gasteiger partial charge >= 0.3 is 0 Å². The Balaban J connectivity index is 1.63. The molecule has 5 nitrogen and oxygen atoms in total. The summed E-state index contributed by atoms with van der Waals surface area (Å²) in [6.45, 7) is 2.02. The Bertz CT molecular complexity index is 1170. The highest BCUT2D eigenvalue weighted by Gasteiger charge is 2.16. The predicted molar refractivity (Wildman–Crippen MR) is 104 cm³/mol. The molecule has 0 aliphatic carbocycles. The zero-order chi connectivity index (χ0) is 18.3. The molecule has 0 aliphatic rings. The number of hydrogen-bond donors (Lipinski definition) is 3. The summed E-state index contributed by atoms with van der Waals surface area (Å²) in [5, 5.41) is 5.03. The minimum Gasteiger partial charge on any atom is -0.331 e. The third-order valence-corrected chi connectivity index (χ3v) is 4.87. The van der Waals surface area contributed by atoms with Gasteiger partial charge in [0.2, 0.25) is 0 Å². The minimum atomic E-state index is -0.521. The fourth-order valence-corrected chi connectivity index (χ4v) is 3.57. The average Bonchev–Trinajstić information content (AvgIpc) is 3.20. The van der Waals surface area contributed by atoms with Crippen LogP contribution in [-0.2, 0) is 0 Å². The quantitative estimate of drug-likeness (QED) is 0.433. The van der Waals surface area contributed by atoms with Crippen LogP contribution in [0.4, 0.5) is 9.52 Å². The van der Waals surface area contributed by atoms with Gasteiger partial charge in [-0.25, -0.2) is 9.37 Å². The van der Waals surface area contributed by atoms with E-state index in [2.05, 4.69) is 20.3 Å². The second-order valence-corrected chi connectivity index (χ2v) is 7.08. The maximum atomic E-state index is 13.8. The molecule has 2 aromatic carbocycles. The monoisotopic (exact) mass is 384 g/mol. The lowest BCUT2D eigenvalue weighted by molar-refractivity contribution is 0.102. The molecule has 130 valence electrons. The molecule has 1 amide bonds. The van der Waals surface area contributed by atoms with Crippen LogP contribution in [0.5, 0.6) is 0 Å². The molecule has 0 saturated carbocycles. The van der Waals surface area contributed by atoms with Gasteiger partial charge in [-0.05, 0) is 31.3 Å². The Morgan fingerprint density at radius 3 is 2.77 bits per heavy atom. The smallest absolute Gasteiger partial charge is 0.259 e. The van der Waals surface area contributed by atoms with E-state index in [1.54, 1.807) is 0 Å². The van der Waals surface area contributed by atoms with Crippen molar-refractivity contribution in [2.75, 3.05) is 5.32 Å². The van der Waals surface area contributed by atoms with Crippen molar-refractivity contribution in [2.24, 2.45) is 0 Å². The highest BCUT2D eigenvalue weighted by Crippen LogP contribution is 2.26. The zero-order valence-corrected chi connectivity index (χ0v) is 15.2. The summed E-state index contributed by atoms with van der Waals surface area (Å²) in [6, 6.07) is 10.4. The van der Waals surface area contributed by atoms with Crippen LogP contribution in [0.2, 0.25) is 0 Å². The van der Waals surface area contributed by atoms with E-state index in [1.165, 1.54) is 23.5 Å². The van der Waals surface area contributed by atoms with Crippen LogP contribution in [0.3, 0.4) is 0 Å². The van der Waals surface area contributed by atoms with Crippen molar-refractivity contribution in [3.8, 4) is 11.3 Å². The first-order chi connectivity index (χ1) is 12.5. The lowest BCUT2D eigenvalue weighted by Gasteiger charge is -2.04. The van der Waals surface area contributed by atoms with E-state index in [4.69, 9.17) is 12.2 Å². The van der Waals surface area contributed by atoms with Crippen LogP contribution in [0, 0.1) is 17.5 Å². The standard InChI is InChI=1S/C18H13FN4OS2/c1-9-2-4-10(5-3-9)14-8-26-18(21-14)23-16(24)12-6-11(19)7-13-15(12)22-17(25)20-13/h2-8H,1H3,(H2,20,22,25)(H,21,23,24). The summed E-state index contributed by atoms with van der Waals surface area (Å²) in [6.07, 6.45) is 0. The Morgan fingerprint density at radius 2 is 2.00 bits per heavy atom. The molecule has 26 heavy (non-hydrogen) atoms. The van der Waals surface area contributed by atoms with Crippen molar-refractivity contribution in [3.63, 3.8) is 0 Å². The van der Waals surface area contributed by atoms with Gasteiger partial charge in [0.05, 0.1) is 22.3 Å². The van der Waals surface area contributed by atoms with Crippen molar-refractivity contribution in [3.05, 3.63) is 63.5 Å². The van der Waals surface area contributed by atoms with Crippen molar-refractivity contribution in [1.29, 1.82) is 0 Å². The first kappa shape index (κ1) is 16.6. The molecule has 0 spiro atoms. The van der Waals surface area contributed by atoms with Crippen LogP contribution in [0.1, 0.15) is 15.9 Å². The van der Waals surface area contributed by atoms with Gasteiger partial charge in [-0.1, -0.05) is 29.8 Å². The second kappa shape index (κ2) is 6.47. The molecular formula is C18H13FN4OS2. The molecule has 0 unspecified atom stereocenters. The summed E-state index contributed by atoms with van der Waals surface area (Å²) in [7, 11) is 0. The average molecular weight is 384 g/mol. The van der Waals surface area contributed by atoms with Gasteiger partial charge in [-0.3, -0.25) is 10.1 Å². The van der Waals surface area contributed by atoms with Gasteiger partial charge in [0, 0.05) is 10.9 Å². The maximum Gasteiger partial charge on any atom is 0.259 e. The number of thiazole rings is 1. The largest absolute Gasteiger partial charge is 0.331 e. The number of aromatic amines is 2. The fraction of sp³-hybridized carbons (Fsp3) is 0.0556. The summed E-state index contributed by atoms with van der Waals surface area (Å²) in [4.78, 5) is 22.7. The van der Waals surface area contributed by atoms with E-state index in [0.717, 1.165) is 16.8 Å². The number of fused-ring (bicyclic) bond motifs is 1. The minimum absolute atomic E-state index is 0.166. The Morgan fingerprint density at radius 1 is 1.23 bits per heavy atom. The first-order valence-corrected chi connectivity index (χ1v) is 9.04. The van der Waals surface area contributed by atoms with Crippen LogP contribution in [0.25, 0.3) is 22.3 Å². The summed E-state index contributed by atoms with van der Waals surface area (Å²) in [5.74, 6) is -0.975. The molecule has 0 aliphatic heterocycles. The normalized spacial score (nSPS) is 11.0. The van der Waals surface area contributed by atoms with E-state index in [1.807, 2.05) is 36.6 Å². The number of H-pyrrole nitrogens is 2. The molecule has 0 radical (unpaired) electrons. The number of nitrogens with one attached hydrogen (secondary N) is 3. The number of aromatic nitrogens is 3. The van der Waals surface area contributed by atoms with Gasteiger partial charge in [0.1, 0.15) is 5.82 Å². The lowest BCUT2D eigenvalue weighted by Crippen LogP contribution is -2.12. The molecule has 2 heterocycles. The molecule has 0 bridgehead atoms. The molecule has 2 aromatic heterocycles. The molecule has 8 heteroatoms. The van der Waals surface area contributed by atoms with Gasteiger partial charge in [-0.15, -0.1) is 11.3 Å². The molecule has 0 fully saturated rings. The Hall–Kier alpha value is -2.84. The summed E-state index contributed by atoms with van der Waals surface area (Å²) < 4.78 is 14.1. The number of halogens is 1. The molecule has 4 aromatic rings. The van der Waals surface area contributed by atoms with Crippen molar-refractivity contribution in [2.45, 2.75) is 6.92 Å². The van der Waals surface area contributed by atoms with E-state index in [-0.39, 0.29) is 5.56 Å².